The number of thioether (sulfide) groups is 1. The zero-order valence-electron chi connectivity index (χ0n) is 20.7. The number of amides is 2. The molecular weight excluding hydrogens is 492 g/mol. The number of rotatable bonds is 8. The van der Waals surface area contributed by atoms with Crippen LogP contribution in [0.25, 0.3) is 0 Å². The molecule has 2 aromatic rings. The van der Waals surface area contributed by atoms with E-state index in [4.69, 9.17) is 14.2 Å². The predicted octanol–water partition coefficient (Wildman–Crippen LogP) is 3.06. The van der Waals surface area contributed by atoms with E-state index < -0.39 is 12.0 Å². The van der Waals surface area contributed by atoms with Gasteiger partial charge in [0.1, 0.15) is 29.5 Å². The highest BCUT2D eigenvalue weighted by Gasteiger charge is 2.55. The number of β-lactam (4-membered cyclic amide) rings is 1. The molecule has 0 radical (unpaired) electrons. The van der Waals surface area contributed by atoms with Gasteiger partial charge in [-0.05, 0) is 47.6 Å². The molecule has 0 aliphatic carbocycles. The Morgan fingerprint density at radius 2 is 1.78 bits per heavy atom. The van der Waals surface area contributed by atoms with E-state index in [0.29, 0.717) is 24.7 Å². The van der Waals surface area contributed by atoms with E-state index in [-0.39, 0.29) is 36.1 Å². The fourth-order valence-corrected chi connectivity index (χ4v) is 6.39. The van der Waals surface area contributed by atoms with Crippen LogP contribution in [0.4, 0.5) is 0 Å². The third kappa shape index (κ3) is 5.52. The van der Waals surface area contributed by atoms with Crippen LogP contribution in [0, 0.1) is 5.92 Å². The molecule has 2 saturated heterocycles. The van der Waals surface area contributed by atoms with Crippen molar-refractivity contribution in [3.8, 4) is 5.75 Å². The van der Waals surface area contributed by atoms with Crippen LogP contribution in [0.2, 0.25) is 0 Å². The van der Waals surface area contributed by atoms with Crippen LogP contribution in [-0.2, 0) is 36.9 Å². The molecule has 194 valence electrons. The quantitative estimate of drug-likeness (QED) is 0.421. The second-order valence-electron chi connectivity index (χ2n) is 9.30. The first kappa shape index (κ1) is 25.4. The third-order valence-corrected chi connectivity index (χ3v) is 8.26. The molecule has 2 aromatic carbocycles. The fraction of sp³-hybridized carbons (Fsp3) is 0.393. The van der Waals surface area contributed by atoms with Gasteiger partial charge in [0.15, 0.2) is 0 Å². The standard InChI is InChI=1S/C28H30N2O6S/c1-34-21-9-7-19(8-10-21)16-36-28(33)25-22(20-11-13-35-14-12-20)17-37-27-24(26(32)30(25)27)29-23(31)15-18-5-3-2-4-6-18/h2-10,20,24,27H,11-17H2,1H3,(H,29,31)/t24-,27-/m1/s1. The van der Waals surface area contributed by atoms with Crippen molar-refractivity contribution in [2.45, 2.75) is 37.3 Å². The monoisotopic (exact) mass is 522 g/mol. The van der Waals surface area contributed by atoms with Gasteiger partial charge < -0.3 is 19.5 Å². The summed E-state index contributed by atoms with van der Waals surface area (Å²) in [6.07, 6.45) is 1.80. The Hall–Kier alpha value is -3.30. The minimum absolute atomic E-state index is 0.0878. The number of fused-ring (bicyclic) bond motifs is 1. The summed E-state index contributed by atoms with van der Waals surface area (Å²) in [7, 11) is 1.60. The number of methoxy groups -OCH3 is 1. The first-order valence-electron chi connectivity index (χ1n) is 12.4. The maximum absolute atomic E-state index is 13.4. The van der Waals surface area contributed by atoms with Crippen molar-refractivity contribution in [3.63, 3.8) is 0 Å². The summed E-state index contributed by atoms with van der Waals surface area (Å²) < 4.78 is 16.4. The summed E-state index contributed by atoms with van der Waals surface area (Å²) in [6, 6.07) is 16.0. The average Bonchev–Trinajstić information content (AvgIpc) is 2.95. The number of nitrogens with zero attached hydrogens (tertiary/aromatic N) is 1. The van der Waals surface area contributed by atoms with Crippen LogP contribution in [0.5, 0.6) is 5.75 Å². The molecule has 2 atom stereocenters. The second kappa shape index (κ2) is 11.4. The van der Waals surface area contributed by atoms with E-state index in [1.807, 2.05) is 54.6 Å². The molecule has 3 heterocycles. The molecule has 0 saturated carbocycles. The Bertz CT molecular complexity index is 1180. The number of hydrogen-bond donors (Lipinski definition) is 1. The SMILES string of the molecule is COc1ccc(COC(=O)C2=C(C3CCOCC3)CS[C@@H]3[C@H](NC(=O)Cc4ccccc4)C(=O)N23)cc1. The maximum atomic E-state index is 13.4. The van der Waals surface area contributed by atoms with Crippen molar-refractivity contribution in [1.82, 2.24) is 10.2 Å². The second-order valence-corrected chi connectivity index (χ2v) is 10.4. The number of carbonyl (C=O) groups is 3. The lowest BCUT2D eigenvalue weighted by molar-refractivity contribution is -0.153. The summed E-state index contributed by atoms with van der Waals surface area (Å²) in [6.45, 7) is 1.34. The highest BCUT2D eigenvalue weighted by molar-refractivity contribution is 8.00. The van der Waals surface area contributed by atoms with Gasteiger partial charge in [-0.15, -0.1) is 11.8 Å². The van der Waals surface area contributed by atoms with Crippen LogP contribution in [0.3, 0.4) is 0 Å². The number of benzene rings is 2. The molecule has 1 N–H and O–H groups in total. The minimum Gasteiger partial charge on any atom is -0.497 e. The normalized spacial score (nSPS) is 21.6. The number of esters is 1. The van der Waals surface area contributed by atoms with E-state index >= 15 is 0 Å². The molecule has 3 aliphatic heterocycles. The number of nitrogens with one attached hydrogen (secondary N) is 1. The lowest BCUT2D eigenvalue weighted by atomic mass is 9.89. The largest absolute Gasteiger partial charge is 0.497 e. The van der Waals surface area contributed by atoms with Crippen molar-refractivity contribution >= 4 is 29.5 Å². The fourth-order valence-electron chi connectivity index (χ4n) is 4.94. The Labute approximate surface area is 220 Å². The van der Waals surface area contributed by atoms with Gasteiger partial charge in [0, 0.05) is 19.0 Å². The molecular formula is C28H30N2O6S. The van der Waals surface area contributed by atoms with Crippen LogP contribution in [0.1, 0.15) is 24.0 Å². The summed E-state index contributed by atoms with van der Waals surface area (Å²) in [5.74, 6) is 0.484. The molecule has 0 aromatic heterocycles. The van der Waals surface area contributed by atoms with Gasteiger partial charge >= 0.3 is 5.97 Å². The van der Waals surface area contributed by atoms with Crippen molar-refractivity contribution in [2.24, 2.45) is 5.92 Å². The molecule has 5 rings (SSSR count). The van der Waals surface area contributed by atoms with E-state index in [9.17, 15) is 14.4 Å². The smallest absolute Gasteiger partial charge is 0.355 e. The summed E-state index contributed by atoms with van der Waals surface area (Å²) in [4.78, 5) is 40.9. The summed E-state index contributed by atoms with van der Waals surface area (Å²) in [5, 5.41) is 2.54. The number of ether oxygens (including phenoxy) is 3. The van der Waals surface area contributed by atoms with Gasteiger partial charge in [-0.25, -0.2) is 4.79 Å². The molecule has 37 heavy (non-hydrogen) atoms. The Balaban J connectivity index is 1.31. The topological polar surface area (TPSA) is 94.2 Å². The molecule has 0 unspecified atom stereocenters. The van der Waals surface area contributed by atoms with Crippen LogP contribution in [-0.4, -0.2) is 60.2 Å². The highest BCUT2D eigenvalue weighted by atomic mass is 32.2. The Kier molecular flexibility index (Phi) is 7.81. The number of hydrogen-bond acceptors (Lipinski definition) is 7. The zero-order chi connectivity index (χ0) is 25.8. The van der Waals surface area contributed by atoms with Gasteiger partial charge in [0.25, 0.3) is 5.91 Å². The van der Waals surface area contributed by atoms with Crippen molar-refractivity contribution in [2.75, 3.05) is 26.1 Å². The van der Waals surface area contributed by atoms with E-state index in [0.717, 1.165) is 35.3 Å². The van der Waals surface area contributed by atoms with E-state index in [1.54, 1.807) is 18.9 Å². The number of carbonyl (C=O) groups excluding carboxylic acids is 3. The van der Waals surface area contributed by atoms with Gasteiger partial charge in [0.2, 0.25) is 5.91 Å². The van der Waals surface area contributed by atoms with E-state index in [1.165, 1.54) is 4.90 Å². The van der Waals surface area contributed by atoms with Gasteiger partial charge in [-0.1, -0.05) is 42.5 Å². The summed E-state index contributed by atoms with van der Waals surface area (Å²) in [5.41, 5.74) is 2.98. The third-order valence-electron chi connectivity index (χ3n) is 6.96. The van der Waals surface area contributed by atoms with Crippen LogP contribution < -0.4 is 10.1 Å². The predicted molar refractivity (Wildman–Crippen MR) is 139 cm³/mol. The van der Waals surface area contributed by atoms with Crippen molar-refractivity contribution in [3.05, 3.63) is 77.0 Å². The van der Waals surface area contributed by atoms with Gasteiger partial charge in [0.05, 0.1) is 13.5 Å². The van der Waals surface area contributed by atoms with Crippen molar-refractivity contribution in [1.29, 1.82) is 0 Å². The molecule has 8 nitrogen and oxygen atoms in total. The average molecular weight is 523 g/mol. The van der Waals surface area contributed by atoms with Crippen LogP contribution in [0.15, 0.2) is 65.9 Å². The molecule has 0 bridgehead atoms. The molecule has 2 fully saturated rings. The Morgan fingerprint density at radius 1 is 1.05 bits per heavy atom. The first-order chi connectivity index (χ1) is 18.0. The lowest BCUT2D eigenvalue weighted by Gasteiger charge is -2.50. The minimum atomic E-state index is -0.665. The maximum Gasteiger partial charge on any atom is 0.355 e. The zero-order valence-corrected chi connectivity index (χ0v) is 21.5. The molecule has 3 aliphatic rings. The molecule has 0 spiro atoms. The first-order valence-corrected chi connectivity index (χ1v) is 13.5. The lowest BCUT2D eigenvalue weighted by Crippen LogP contribution is -2.70. The van der Waals surface area contributed by atoms with Gasteiger partial charge in [-0.2, -0.15) is 0 Å². The highest BCUT2D eigenvalue weighted by Crippen LogP contribution is 2.44. The summed E-state index contributed by atoms with van der Waals surface area (Å²) >= 11 is 1.58. The Morgan fingerprint density at radius 3 is 2.49 bits per heavy atom. The molecule has 2 amide bonds. The molecule has 9 heteroatoms. The van der Waals surface area contributed by atoms with Crippen molar-refractivity contribution < 1.29 is 28.6 Å². The van der Waals surface area contributed by atoms with E-state index in [2.05, 4.69) is 5.32 Å². The van der Waals surface area contributed by atoms with Crippen LogP contribution >= 0.6 is 11.8 Å². The van der Waals surface area contributed by atoms with Gasteiger partial charge in [-0.3, -0.25) is 14.5 Å².